The van der Waals surface area contributed by atoms with E-state index in [1.807, 2.05) is 54.3 Å². The van der Waals surface area contributed by atoms with E-state index in [0.29, 0.717) is 26.2 Å². The van der Waals surface area contributed by atoms with Crippen LogP contribution in [0.4, 0.5) is 4.79 Å². The van der Waals surface area contributed by atoms with E-state index in [-0.39, 0.29) is 24.1 Å². The summed E-state index contributed by atoms with van der Waals surface area (Å²) in [4.78, 5) is 29.2. The van der Waals surface area contributed by atoms with E-state index in [9.17, 15) is 9.59 Å². The van der Waals surface area contributed by atoms with Crippen LogP contribution in [0.5, 0.6) is 0 Å². The van der Waals surface area contributed by atoms with Crippen LogP contribution in [0.2, 0.25) is 0 Å². The molecule has 2 aromatic carbocycles. The highest BCUT2D eigenvalue weighted by Gasteiger charge is 2.28. The molecule has 2 atom stereocenters. The number of rotatable bonds is 3. The molecule has 0 spiro atoms. The lowest BCUT2D eigenvalue weighted by Gasteiger charge is -2.36. The minimum absolute atomic E-state index is 0.00495. The van der Waals surface area contributed by atoms with Crippen molar-refractivity contribution in [1.29, 1.82) is 0 Å². The molecule has 0 radical (unpaired) electrons. The standard InChI is InChI=1S/C22H27N3O3/c1-16(20-10-5-15-28-20)23-22(27)25-13-11-24(12-14-25)21(26)19-9-4-7-17-6-2-3-8-18(17)19/h2-4,6-9,16,20H,5,10-15H2,1H3,(H,23,27). The smallest absolute Gasteiger partial charge is 0.317 e. The van der Waals surface area contributed by atoms with Gasteiger partial charge in [-0.3, -0.25) is 4.79 Å². The quantitative estimate of drug-likeness (QED) is 0.889. The van der Waals surface area contributed by atoms with Gasteiger partial charge >= 0.3 is 6.03 Å². The zero-order valence-corrected chi connectivity index (χ0v) is 16.3. The number of carbonyl (C=O) groups is 2. The second-order valence-electron chi connectivity index (χ2n) is 7.60. The molecule has 2 aromatic rings. The molecular formula is C22H27N3O3. The van der Waals surface area contributed by atoms with Crippen LogP contribution in [0, 0.1) is 0 Å². The first-order valence-corrected chi connectivity index (χ1v) is 10.1. The van der Waals surface area contributed by atoms with Crippen molar-refractivity contribution in [2.75, 3.05) is 32.8 Å². The van der Waals surface area contributed by atoms with E-state index >= 15 is 0 Å². The number of amides is 3. The third-order valence-corrected chi connectivity index (χ3v) is 5.75. The van der Waals surface area contributed by atoms with Gasteiger partial charge in [0, 0.05) is 38.3 Å². The normalized spacial score (nSPS) is 21.0. The van der Waals surface area contributed by atoms with Crippen LogP contribution < -0.4 is 5.32 Å². The largest absolute Gasteiger partial charge is 0.376 e. The maximum Gasteiger partial charge on any atom is 0.317 e. The lowest BCUT2D eigenvalue weighted by Crippen LogP contribution is -2.55. The van der Waals surface area contributed by atoms with Crippen LogP contribution in [-0.4, -0.2) is 66.7 Å². The van der Waals surface area contributed by atoms with Gasteiger partial charge in [0.1, 0.15) is 0 Å². The fourth-order valence-corrected chi connectivity index (χ4v) is 4.07. The maximum atomic E-state index is 13.0. The van der Waals surface area contributed by atoms with Crippen LogP contribution in [-0.2, 0) is 4.74 Å². The van der Waals surface area contributed by atoms with Crippen LogP contribution in [0.25, 0.3) is 10.8 Å². The van der Waals surface area contributed by atoms with E-state index in [0.717, 1.165) is 35.8 Å². The molecule has 2 saturated heterocycles. The topological polar surface area (TPSA) is 61.9 Å². The average Bonchev–Trinajstić information content (AvgIpc) is 3.28. The summed E-state index contributed by atoms with van der Waals surface area (Å²) in [5.74, 6) is 0.0320. The molecular weight excluding hydrogens is 354 g/mol. The molecule has 6 heteroatoms. The number of nitrogens with zero attached hydrogens (tertiary/aromatic N) is 2. The predicted octanol–water partition coefficient (Wildman–Crippen LogP) is 2.87. The van der Waals surface area contributed by atoms with Gasteiger partial charge in [-0.25, -0.2) is 4.79 Å². The number of benzene rings is 2. The summed E-state index contributed by atoms with van der Waals surface area (Å²) in [6.07, 6.45) is 2.16. The third kappa shape index (κ3) is 3.83. The molecule has 0 saturated carbocycles. The lowest BCUT2D eigenvalue weighted by atomic mass is 10.0. The molecule has 2 aliphatic heterocycles. The zero-order valence-electron chi connectivity index (χ0n) is 16.3. The fourth-order valence-electron chi connectivity index (χ4n) is 4.07. The van der Waals surface area contributed by atoms with Crippen molar-refractivity contribution < 1.29 is 14.3 Å². The van der Waals surface area contributed by atoms with Crippen LogP contribution in [0.3, 0.4) is 0 Å². The summed E-state index contributed by atoms with van der Waals surface area (Å²) in [5.41, 5.74) is 0.725. The second kappa shape index (κ2) is 8.19. The lowest BCUT2D eigenvalue weighted by molar-refractivity contribution is 0.0644. The Bertz CT molecular complexity index is 850. The molecule has 2 fully saturated rings. The van der Waals surface area contributed by atoms with E-state index < -0.39 is 0 Å². The van der Waals surface area contributed by atoms with E-state index in [4.69, 9.17) is 4.74 Å². The summed E-state index contributed by atoms with van der Waals surface area (Å²) in [6, 6.07) is 13.7. The van der Waals surface area contributed by atoms with Gasteiger partial charge in [0.05, 0.1) is 12.1 Å². The summed E-state index contributed by atoms with van der Waals surface area (Å²) >= 11 is 0. The Morgan fingerprint density at radius 2 is 1.75 bits per heavy atom. The molecule has 0 aromatic heterocycles. The summed E-state index contributed by atoms with van der Waals surface area (Å²) in [5, 5.41) is 5.09. The zero-order chi connectivity index (χ0) is 19.5. The van der Waals surface area contributed by atoms with Crippen molar-refractivity contribution in [2.45, 2.75) is 31.9 Å². The van der Waals surface area contributed by atoms with Gasteiger partial charge in [-0.05, 0) is 36.6 Å². The van der Waals surface area contributed by atoms with Crippen molar-refractivity contribution in [1.82, 2.24) is 15.1 Å². The number of hydrogen-bond donors (Lipinski definition) is 1. The predicted molar refractivity (Wildman–Crippen MR) is 108 cm³/mol. The number of fused-ring (bicyclic) bond motifs is 1. The molecule has 3 amide bonds. The highest BCUT2D eigenvalue weighted by molar-refractivity contribution is 6.07. The molecule has 2 unspecified atom stereocenters. The number of hydrogen-bond acceptors (Lipinski definition) is 3. The Morgan fingerprint density at radius 3 is 2.50 bits per heavy atom. The van der Waals surface area contributed by atoms with Gasteiger partial charge in [0.2, 0.25) is 0 Å². The van der Waals surface area contributed by atoms with E-state index in [2.05, 4.69) is 5.32 Å². The van der Waals surface area contributed by atoms with Gasteiger partial charge in [-0.2, -0.15) is 0 Å². The first-order chi connectivity index (χ1) is 13.6. The molecule has 2 aliphatic rings. The molecule has 4 rings (SSSR count). The number of carbonyl (C=O) groups excluding carboxylic acids is 2. The highest BCUT2D eigenvalue weighted by Crippen LogP contribution is 2.21. The first kappa shape index (κ1) is 18.7. The first-order valence-electron chi connectivity index (χ1n) is 10.1. The molecule has 28 heavy (non-hydrogen) atoms. The Kier molecular flexibility index (Phi) is 5.48. The Labute approximate surface area is 165 Å². The average molecular weight is 381 g/mol. The summed E-state index contributed by atoms with van der Waals surface area (Å²) in [7, 11) is 0. The SMILES string of the molecule is CC(NC(=O)N1CCN(C(=O)c2cccc3ccccc23)CC1)C1CCCO1. The number of piperazine rings is 1. The summed E-state index contributed by atoms with van der Waals surface area (Å²) < 4.78 is 5.65. The Morgan fingerprint density at radius 1 is 1.04 bits per heavy atom. The van der Waals surface area contributed by atoms with Crippen LogP contribution in [0.1, 0.15) is 30.1 Å². The monoisotopic (exact) mass is 381 g/mol. The van der Waals surface area contributed by atoms with Gasteiger partial charge in [-0.1, -0.05) is 36.4 Å². The van der Waals surface area contributed by atoms with Gasteiger partial charge in [-0.15, -0.1) is 0 Å². The number of urea groups is 1. The van der Waals surface area contributed by atoms with Crippen LogP contribution >= 0.6 is 0 Å². The van der Waals surface area contributed by atoms with Crippen molar-refractivity contribution in [2.24, 2.45) is 0 Å². The highest BCUT2D eigenvalue weighted by atomic mass is 16.5. The Balaban J connectivity index is 1.35. The van der Waals surface area contributed by atoms with E-state index in [1.54, 1.807) is 4.90 Å². The van der Waals surface area contributed by atoms with Crippen molar-refractivity contribution in [3.63, 3.8) is 0 Å². The van der Waals surface area contributed by atoms with Gasteiger partial charge < -0.3 is 19.9 Å². The van der Waals surface area contributed by atoms with Crippen molar-refractivity contribution in [3.05, 3.63) is 48.0 Å². The van der Waals surface area contributed by atoms with Crippen LogP contribution in [0.15, 0.2) is 42.5 Å². The molecule has 148 valence electrons. The Hall–Kier alpha value is -2.60. The molecule has 1 N–H and O–H groups in total. The second-order valence-corrected chi connectivity index (χ2v) is 7.60. The fraction of sp³-hybridized carbons (Fsp3) is 0.455. The molecule has 0 bridgehead atoms. The van der Waals surface area contributed by atoms with Gasteiger partial charge in [0.25, 0.3) is 5.91 Å². The number of nitrogens with one attached hydrogen (secondary N) is 1. The molecule has 0 aliphatic carbocycles. The molecule has 6 nitrogen and oxygen atoms in total. The van der Waals surface area contributed by atoms with Crippen molar-refractivity contribution >= 4 is 22.7 Å². The third-order valence-electron chi connectivity index (χ3n) is 5.75. The minimum atomic E-state index is -0.0692. The van der Waals surface area contributed by atoms with E-state index in [1.165, 1.54) is 0 Å². The maximum absolute atomic E-state index is 13.0. The van der Waals surface area contributed by atoms with Crippen molar-refractivity contribution in [3.8, 4) is 0 Å². The van der Waals surface area contributed by atoms with Gasteiger partial charge in [0.15, 0.2) is 0 Å². The number of ether oxygens (including phenoxy) is 1. The summed E-state index contributed by atoms with van der Waals surface area (Å²) in [6.45, 7) is 4.95. The minimum Gasteiger partial charge on any atom is -0.376 e. The molecule has 2 heterocycles.